The molecule has 2 aromatic rings. The second-order valence-corrected chi connectivity index (χ2v) is 7.99. The summed E-state index contributed by atoms with van der Waals surface area (Å²) in [7, 11) is 0. The van der Waals surface area contributed by atoms with Gasteiger partial charge in [-0.05, 0) is 71.3 Å². The Labute approximate surface area is 172 Å². The lowest BCUT2D eigenvalue weighted by Crippen LogP contribution is -2.34. The van der Waals surface area contributed by atoms with Crippen LogP contribution in [-0.4, -0.2) is 37.2 Å². The van der Waals surface area contributed by atoms with Gasteiger partial charge in [0.1, 0.15) is 5.75 Å². The van der Waals surface area contributed by atoms with Gasteiger partial charge in [0.15, 0.2) is 18.1 Å². The van der Waals surface area contributed by atoms with Gasteiger partial charge in [0, 0.05) is 16.5 Å². The van der Waals surface area contributed by atoms with Crippen molar-refractivity contribution in [1.29, 1.82) is 0 Å². The molecule has 142 valence electrons. The van der Waals surface area contributed by atoms with E-state index < -0.39 is 0 Å². The predicted molar refractivity (Wildman–Crippen MR) is 110 cm³/mol. The van der Waals surface area contributed by atoms with Gasteiger partial charge in [-0.3, -0.25) is 4.79 Å². The topological polar surface area (TPSA) is 48.0 Å². The highest BCUT2D eigenvalue weighted by Crippen LogP contribution is 2.38. The summed E-state index contributed by atoms with van der Waals surface area (Å²) >= 11 is 2.23. The van der Waals surface area contributed by atoms with Crippen molar-refractivity contribution >= 4 is 28.5 Å². The second kappa shape index (κ2) is 8.37. The highest BCUT2D eigenvalue weighted by molar-refractivity contribution is 14.1. The molecule has 6 heteroatoms. The number of hydrogen-bond donors (Lipinski definition) is 0. The Morgan fingerprint density at radius 2 is 1.96 bits per heavy atom. The Hall–Kier alpha value is -1.96. The normalized spacial score (nSPS) is 18.9. The van der Waals surface area contributed by atoms with Crippen LogP contribution in [0.15, 0.2) is 42.5 Å². The second-order valence-electron chi connectivity index (χ2n) is 6.75. The average Bonchev–Trinajstić information content (AvgIpc) is 3.05. The molecule has 1 amide bonds. The monoisotopic (exact) mass is 479 g/mol. The van der Waals surface area contributed by atoms with Crippen LogP contribution in [0.4, 0.5) is 0 Å². The first-order valence-electron chi connectivity index (χ1n) is 9.28. The van der Waals surface area contributed by atoms with E-state index in [9.17, 15) is 4.79 Å². The number of hydrogen-bond acceptors (Lipinski definition) is 4. The minimum atomic E-state index is 0.0171. The van der Waals surface area contributed by atoms with Gasteiger partial charge in [0.25, 0.3) is 5.91 Å². The van der Waals surface area contributed by atoms with Crippen molar-refractivity contribution in [3.8, 4) is 17.2 Å². The molecule has 1 unspecified atom stereocenters. The Balaban J connectivity index is 1.45. The first-order valence-corrected chi connectivity index (χ1v) is 10.4. The van der Waals surface area contributed by atoms with E-state index in [0.717, 1.165) is 52.2 Å². The fourth-order valence-electron chi connectivity index (χ4n) is 3.58. The van der Waals surface area contributed by atoms with E-state index in [0.29, 0.717) is 13.2 Å². The summed E-state index contributed by atoms with van der Waals surface area (Å²) in [6.45, 7) is 2.15. The lowest BCUT2D eigenvalue weighted by atomic mass is 10.0. The molecule has 0 saturated carbocycles. The summed E-state index contributed by atoms with van der Waals surface area (Å²) in [6.07, 6.45) is 2.83. The lowest BCUT2D eigenvalue weighted by Gasteiger charge is -2.25. The van der Waals surface area contributed by atoms with E-state index in [1.165, 1.54) is 0 Å². The van der Waals surface area contributed by atoms with Crippen LogP contribution in [0.1, 0.15) is 30.9 Å². The molecule has 2 aromatic carbocycles. The summed E-state index contributed by atoms with van der Waals surface area (Å²) in [4.78, 5) is 14.7. The standard InChI is InChI=1S/C21H22INO4/c22-16-4-1-5-17(13-16)27-14-21(24)23-9-2-6-18(23)15-7-8-19-20(12-15)26-11-3-10-25-19/h1,4-5,7-8,12-13,18H,2-3,6,9-11,14H2. The number of carbonyl (C=O) groups excluding carboxylic acids is 1. The molecule has 1 fully saturated rings. The van der Waals surface area contributed by atoms with Crippen LogP contribution in [0.25, 0.3) is 0 Å². The fraction of sp³-hybridized carbons (Fsp3) is 0.381. The molecule has 0 radical (unpaired) electrons. The number of halogens is 1. The van der Waals surface area contributed by atoms with Crippen molar-refractivity contribution in [3.63, 3.8) is 0 Å². The van der Waals surface area contributed by atoms with Crippen molar-refractivity contribution in [2.75, 3.05) is 26.4 Å². The summed E-state index contributed by atoms with van der Waals surface area (Å²) in [6, 6.07) is 13.8. The molecule has 2 heterocycles. The van der Waals surface area contributed by atoms with Gasteiger partial charge in [-0.2, -0.15) is 0 Å². The average molecular weight is 479 g/mol. The maximum atomic E-state index is 12.8. The largest absolute Gasteiger partial charge is 0.490 e. The zero-order chi connectivity index (χ0) is 18.6. The van der Waals surface area contributed by atoms with E-state index in [4.69, 9.17) is 14.2 Å². The SMILES string of the molecule is O=C(COc1cccc(I)c1)N1CCCC1c1ccc2c(c1)OCCCO2. The predicted octanol–water partition coefficient (Wildman–Crippen LogP) is 4.20. The van der Waals surface area contributed by atoms with Gasteiger partial charge in [0.05, 0.1) is 19.3 Å². The molecule has 0 N–H and O–H groups in total. The van der Waals surface area contributed by atoms with Crippen molar-refractivity contribution in [3.05, 3.63) is 51.6 Å². The Morgan fingerprint density at radius 1 is 1.11 bits per heavy atom. The third-order valence-corrected chi connectivity index (χ3v) is 5.56. The van der Waals surface area contributed by atoms with Crippen LogP contribution in [0.2, 0.25) is 0 Å². The van der Waals surface area contributed by atoms with Crippen molar-refractivity contribution < 1.29 is 19.0 Å². The smallest absolute Gasteiger partial charge is 0.261 e. The Morgan fingerprint density at radius 3 is 2.81 bits per heavy atom. The number of nitrogens with zero attached hydrogens (tertiary/aromatic N) is 1. The van der Waals surface area contributed by atoms with E-state index in [1.807, 2.05) is 47.4 Å². The van der Waals surface area contributed by atoms with Gasteiger partial charge < -0.3 is 19.1 Å². The van der Waals surface area contributed by atoms with Crippen LogP contribution >= 0.6 is 22.6 Å². The van der Waals surface area contributed by atoms with Gasteiger partial charge in [-0.15, -0.1) is 0 Å². The van der Waals surface area contributed by atoms with E-state index in [-0.39, 0.29) is 18.6 Å². The number of likely N-dealkylation sites (tertiary alicyclic amines) is 1. The third kappa shape index (κ3) is 4.31. The zero-order valence-electron chi connectivity index (χ0n) is 15.0. The molecular formula is C21H22INO4. The first kappa shape index (κ1) is 18.4. The highest BCUT2D eigenvalue weighted by atomic mass is 127. The maximum absolute atomic E-state index is 12.8. The number of ether oxygens (including phenoxy) is 3. The van der Waals surface area contributed by atoms with Crippen LogP contribution in [0.5, 0.6) is 17.2 Å². The van der Waals surface area contributed by atoms with Crippen LogP contribution < -0.4 is 14.2 Å². The Kier molecular flexibility index (Phi) is 5.71. The van der Waals surface area contributed by atoms with E-state index in [2.05, 4.69) is 22.6 Å². The molecule has 27 heavy (non-hydrogen) atoms. The van der Waals surface area contributed by atoms with Crippen molar-refractivity contribution in [1.82, 2.24) is 4.90 Å². The minimum Gasteiger partial charge on any atom is -0.490 e. The van der Waals surface area contributed by atoms with Crippen LogP contribution in [-0.2, 0) is 4.79 Å². The number of amides is 1. The molecule has 4 rings (SSSR count). The maximum Gasteiger partial charge on any atom is 0.261 e. The summed E-state index contributed by atoms with van der Waals surface area (Å²) in [5, 5.41) is 0. The lowest BCUT2D eigenvalue weighted by molar-refractivity contribution is -0.134. The molecule has 2 aliphatic rings. The van der Waals surface area contributed by atoms with E-state index in [1.54, 1.807) is 0 Å². The zero-order valence-corrected chi connectivity index (χ0v) is 17.2. The molecule has 5 nitrogen and oxygen atoms in total. The van der Waals surface area contributed by atoms with Crippen LogP contribution in [0, 0.1) is 3.57 Å². The number of fused-ring (bicyclic) bond motifs is 1. The number of carbonyl (C=O) groups is 1. The molecule has 0 spiro atoms. The van der Waals surface area contributed by atoms with Crippen LogP contribution in [0.3, 0.4) is 0 Å². The van der Waals surface area contributed by atoms with E-state index >= 15 is 0 Å². The first-order chi connectivity index (χ1) is 13.2. The van der Waals surface area contributed by atoms with Crippen molar-refractivity contribution in [2.45, 2.75) is 25.3 Å². The molecule has 0 bridgehead atoms. The van der Waals surface area contributed by atoms with Gasteiger partial charge in [-0.1, -0.05) is 12.1 Å². The Bertz CT molecular complexity index is 826. The van der Waals surface area contributed by atoms with Gasteiger partial charge in [-0.25, -0.2) is 0 Å². The molecule has 1 atom stereocenters. The number of benzene rings is 2. The number of rotatable bonds is 4. The van der Waals surface area contributed by atoms with Crippen molar-refractivity contribution in [2.24, 2.45) is 0 Å². The summed E-state index contributed by atoms with van der Waals surface area (Å²) in [5.74, 6) is 2.30. The molecule has 0 aliphatic carbocycles. The summed E-state index contributed by atoms with van der Waals surface area (Å²) < 4.78 is 18.3. The summed E-state index contributed by atoms with van der Waals surface area (Å²) in [5.41, 5.74) is 1.10. The highest BCUT2D eigenvalue weighted by Gasteiger charge is 2.31. The van der Waals surface area contributed by atoms with Gasteiger partial charge in [0.2, 0.25) is 0 Å². The molecular weight excluding hydrogens is 457 g/mol. The minimum absolute atomic E-state index is 0.0171. The third-order valence-electron chi connectivity index (χ3n) is 4.89. The molecule has 0 aromatic heterocycles. The molecule has 1 saturated heterocycles. The van der Waals surface area contributed by atoms with Gasteiger partial charge >= 0.3 is 0 Å². The quantitative estimate of drug-likeness (QED) is 0.618. The molecule has 2 aliphatic heterocycles. The fourth-order valence-corrected chi connectivity index (χ4v) is 4.10.